The molecule has 1 heterocycles. The molecule has 1 rings (SSSR count). The molecule has 0 aliphatic carbocycles. The second-order valence-electron chi connectivity index (χ2n) is 4.56. The van der Waals surface area contributed by atoms with Crippen molar-refractivity contribution >= 4 is 5.97 Å². The van der Waals surface area contributed by atoms with E-state index in [0.29, 0.717) is 6.42 Å². The van der Waals surface area contributed by atoms with Crippen LogP contribution in [0.5, 0.6) is 0 Å². The quantitative estimate of drug-likeness (QED) is 0.778. The number of aromatic nitrogens is 1. The Hall–Kier alpha value is -2.09. The molecule has 19 heavy (non-hydrogen) atoms. The number of hydrogen-bond acceptors (Lipinski definition) is 4. The van der Waals surface area contributed by atoms with Crippen molar-refractivity contribution in [2.45, 2.75) is 39.2 Å². The first kappa shape index (κ1) is 15.0. The summed E-state index contributed by atoms with van der Waals surface area (Å²) < 4.78 is 6.12. The lowest BCUT2D eigenvalue weighted by molar-refractivity contribution is -0.144. The molecule has 0 saturated heterocycles. The number of carbonyl (C=O) groups is 1. The number of carbonyl (C=O) groups excluding carboxylic acids is 1. The summed E-state index contributed by atoms with van der Waals surface area (Å²) in [6.45, 7) is 5.67. The Morgan fingerprint density at radius 2 is 2.11 bits per heavy atom. The Bertz CT molecular complexity index is 567. The summed E-state index contributed by atoms with van der Waals surface area (Å²) in [5, 5.41) is 8.94. The van der Waals surface area contributed by atoms with Gasteiger partial charge in [0.05, 0.1) is 7.11 Å². The zero-order valence-electron chi connectivity index (χ0n) is 11.6. The third-order valence-electron chi connectivity index (χ3n) is 3.03. The number of methoxy groups -OCH3 is 1. The van der Waals surface area contributed by atoms with Crippen molar-refractivity contribution in [3.05, 3.63) is 33.7 Å². The van der Waals surface area contributed by atoms with Gasteiger partial charge in [0.1, 0.15) is 17.7 Å². The summed E-state index contributed by atoms with van der Waals surface area (Å²) in [6.07, 6.45) is 0.432. The average molecular weight is 262 g/mol. The monoisotopic (exact) mass is 262 g/mol. The summed E-state index contributed by atoms with van der Waals surface area (Å²) in [5.41, 5.74) is 0.318. The summed E-state index contributed by atoms with van der Waals surface area (Å²) in [4.78, 5) is 24.1. The van der Waals surface area contributed by atoms with Crippen LogP contribution in [0.2, 0.25) is 0 Å². The van der Waals surface area contributed by atoms with Gasteiger partial charge in [-0.3, -0.25) is 9.36 Å². The van der Waals surface area contributed by atoms with Crippen LogP contribution in [0, 0.1) is 11.3 Å². The summed E-state index contributed by atoms with van der Waals surface area (Å²) in [6, 6.07) is 4.38. The highest BCUT2D eigenvalue weighted by Gasteiger charge is 2.24. The largest absolute Gasteiger partial charge is 0.467 e. The zero-order chi connectivity index (χ0) is 14.6. The Morgan fingerprint density at radius 1 is 1.47 bits per heavy atom. The van der Waals surface area contributed by atoms with Crippen LogP contribution in [-0.2, 0) is 9.53 Å². The van der Waals surface area contributed by atoms with Crippen LogP contribution in [0.3, 0.4) is 0 Å². The summed E-state index contributed by atoms with van der Waals surface area (Å²) in [7, 11) is 1.29. The van der Waals surface area contributed by atoms with Gasteiger partial charge in [-0.25, -0.2) is 4.79 Å². The van der Waals surface area contributed by atoms with E-state index in [1.807, 2.05) is 19.9 Å². The van der Waals surface area contributed by atoms with Crippen molar-refractivity contribution in [2.24, 2.45) is 0 Å². The van der Waals surface area contributed by atoms with Crippen LogP contribution in [-0.4, -0.2) is 17.6 Å². The van der Waals surface area contributed by atoms with Gasteiger partial charge in [0.15, 0.2) is 0 Å². The first-order valence-corrected chi connectivity index (χ1v) is 6.21. The van der Waals surface area contributed by atoms with Crippen LogP contribution in [0.1, 0.15) is 50.4 Å². The normalized spacial score (nSPS) is 12.0. The molecule has 5 heteroatoms. The van der Waals surface area contributed by atoms with E-state index < -0.39 is 17.6 Å². The lowest BCUT2D eigenvalue weighted by Crippen LogP contribution is -2.34. The van der Waals surface area contributed by atoms with Crippen molar-refractivity contribution < 1.29 is 9.53 Å². The van der Waals surface area contributed by atoms with E-state index in [1.165, 1.54) is 17.7 Å². The maximum absolute atomic E-state index is 12.3. The fourth-order valence-corrected chi connectivity index (χ4v) is 2.04. The van der Waals surface area contributed by atoms with Crippen molar-refractivity contribution in [3.8, 4) is 6.07 Å². The molecular weight excluding hydrogens is 244 g/mol. The molecule has 0 fully saturated rings. The lowest BCUT2D eigenvalue weighted by atomic mass is 10.1. The topological polar surface area (TPSA) is 72.1 Å². The predicted octanol–water partition coefficient (Wildman–Crippen LogP) is 1.97. The third-order valence-corrected chi connectivity index (χ3v) is 3.03. The minimum atomic E-state index is -0.691. The van der Waals surface area contributed by atoms with Gasteiger partial charge in [-0.15, -0.1) is 0 Å². The molecule has 1 aromatic rings. The molecule has 0 saturated carbocycles. The number of esters is 1. The zero-order valence-corrected chi connectivity index (χ0v) is 11.6. The molecule has 0 aliphatic heterocycles. The Kier molecular flexibility index (Phi) is 4.87. The van der Waals surface area contributed by atoms with Gasteiger partial charge in [0.25, 0.3) is 5.56 Å². The fraction of sp³-hybridized carbons (Fsp3) is 0.500. The van der Waals surface area contributed by atoms with Gasteiger partial charge < -0.3 is 4.74 Å². The number of rotatable bonds is 4. The van der Waals surface area contributed by atoms with E-state index in [0.717, 1.165) is 5.69 Å². The van der Waals surface area contributed by atoms with Crippen LogP contribution in [0.25, 0.3) is 0 Å². The molecular formula is C14H18N2O3. The van der Waals surface area contributed by atoms with Gasteiger partial charge in [-0.05, 0) is 24.5 Å². The molecule has 1 aromatic heterocycles. The van der Waals surface area contributed by atoms with Crippen molar-refractivity contribution in [1.82, 2.24) is 4.57 Å². The van der Waals surface area contributed by atoms with Crippen LogP contribution in [0.15, 0.2) is 16.9 Å². The number of nitrogens with zero attached hydrogens (tertiary/aromatic N) is 2. The van der Waals surface area contributed by atoms with E-state index in [9.17, 15) is 9.59 Å². The van der Waals surface area contributed by atoms with Crippen LogP contribution >= 0.6 is 0 Å². The van der Waals surface area contributed by atoms with Gasteiger partial charge >= 0.3 is 5.97 Å². The Morgan fingerprint density at radius 3 is 2.53 bits per heavy atom. The Balaban J connectivity index is 3.58. The maximum atomic E-state index is 12.3. The van der Waals surface area contributed by atoms with Crippen LogP contribution < -0.4 is 5.56 Å². The van der Waals surface area contributed by atoms with Crippen molar-refractivity contribution in [1.29, 1.82) is 5.26 Å². The SMILES string of the molecule is CCC(C(=O)OC)n1c(C(C)C)ccc(C#N)c1=O. The summed E-state index contributed by atoms with van der Waals surface area (Å²) in [5.74, 6) is -0.402. The molecule has 0 amide bonds. The van der Waals surface area contributed by atoms with E-state index in [-0.39, 0.29) is 11.5 Å². The van der Waals surface area contributed by atoms with Gasteiger partial charge in [0.2, 0.25) is 0 Å². The molecule has 0 aromatic carbocycles. The second-order valence-corrected chi connectivity index (χ2v) is 4.56. The molecule has 0 bridgehead atoms. The van der Waals surface area contributed by atoms with Gasteiger partial charge in [0, 0.05) is 5.69 Å². The smallest absolute Gasteiger partial charge is 0.328 e. The van der Waals surface area contributed by atoms with Crippen molar-refractivity contribution in [2.75, 3.05) is 7.11 Å². The molecule has 5 nitrogen and oxygen atoms in total. The first-order chi connectivity index (χ1) is 8.97. The van der Waals surface area contributed by atoms with E-state index in [2.05, 4.69) is 0 Å². The number of ether oxygens (including phenoxy) is 1. The predicted molar refractivity (Wildman–Crippen MR) is 70.9 cm³/mol. The molecule has 1 unspecified atom stereocenters. The van der Waals surface area contributed by atoms with E-state index in [4.69, 9.17) is 10.00 Å². The van der Waals surface area contributed by atoms with Gasteiger partial charge in [-0.2, -0.15) is 5.26 Å². The second kappa shape index (κ2) is 6.19. The molecule has 1 atom stereocenters. The first-order valence-electron chi connectivity index (χ1n) is 6.21. The molecule has 0 N–H and O–H groups in total. The molecule has 0 aliphatic rings. The van der Waals surface area contributed by atoms with Crippen molar-refractivity contribution in [3.63, 3.8) is 0 Å². The van der Waals surface area contributed by atoms with Crippen LogP contribution in [0.4, 0.5) is 0 Å². The number of hydrogen-bond donors (Lipinski definition) is 0. The Labute approximate surface area is 112 Å². The fourth-order valence-electron chi connectivity index (χ4n) is 2.04. The summed E-state index contributed by atoms with van der Waals surface area (Å²) >= 11 is 0. The minimum Gasteiger partial charge on any atom is -0.467 e. The number of nitriles is 1. The van der Waals surface area contributed by atoms with E-state index in [1.54, 1.807) is 13.0 Å². The molecule has 102 valence electrons. The molecule has 0 spiro atoms. The maximum Gasteiger partial charge on any atom is 0.328 e. The highest BCUT2D eigenvalue weighted by molar-refractivity contribution is 5.74. The average Bonchev–Trinajstić information content (AvgIpc) is 2.40. The lowest BCUT2D eigenvalue weighted by Gasteiger charge is -2.22. The minimum absolute atomic E-state index is 0.0340. The standard InChI is InChI=1S/C14H18N2O3/c1-5-11(14(18)19-4)16-12(9(2)3)7-6-10(8-15)13(16)17/h6-7,9,11H,5H2,1-4H3. The van der Waals surface area contributed by atoms with E-state index >= 15 is 0 Å². The number of pyridine rings is 1. The highest BCUT2D eigenvalue weighted by atomic mass is 16.5. The van der Waals surface area contributed by atoms with Gasteiger partial charge in [-0.1, -0.05) is 20.8 Å². The highest BCUT2D eigenvalue weighted by Crippen LogP contribution is 2.20. The molecule has 0 radical (unpaired) electrons. The third kappa shape index (κ3) is 2.84.